The van der Waals surface area contributed by atoms with E-state index in [1.165, 1.54) is 0 Å². The maximum atomic E-state index is 5.73. The van der Waals surface area contributed by atoms with Crippen molar-refractivity contribution in [1.29, 1.82) is 0 Å². The summed E-state index contributed by atoms with van der Waals surface area (Å²) in [6.45, 7) is 0.654. The maximum Gasteiger partial charge on any atom is 0.187 e. The zero-order valence-corrected chi connectivity index (χ0v) is 13.8. The van der Waals surface area contributed by atoms with E-state index in [4.69, 9.17) is 16.6 Å². The van der Waals surface area contributed by atoms with Gasteiger partial charge in [0.15, 0.2) is 5.11 Å². The van der Waals surface area contributed by atoms with Gasteiger partial charge in [0, 0.05) is 12.1 Å². The second-order valence-corrected chi connectivity index (χ2v) is 5.51. The largest absolute Gasteiger partial charge is 0.455 e. The molecule has 0 atom stereocenters. The highest BCUT2D eigenvalue weighted by Crippen LogP contribution is 2.20. The van der Waals surface area contributed by atoms with Crippen LogP contribution in [-0.2, 0) is 6.54 Å². The molecule has 0 aliphatic carbocycles. The number of nitrogens with one attached hydrogen (secondary N) is 2. The first-order valence-corrected chi connectivity index (χ1v) is 7.98. The molecule has 0 radical (unpaired) electrons. The monoisotopic (exact) mass is 335 g/mol. The third-order valence-corrected chi connectivity index (χ3v) is 3.57. The molecule has 0 aliphatic heterocycles. The second kappa shape index (κ2) is 8.08. The summed E-state index contributed by atoms with van der Waals surface area (Å²) in [4.78, 5) is 0. The number of furan rings is 1. The van der Waals surface area contributed by atoms with Gasteiger partial charge < -0.3 is 9.73 Å². The normalized spacial score (nSPS) is 10.7. The van der Waals surface area contributed by atoms with E-state index in [-0.39, 0.29) is 0 Å². The summed E-state index contributed by atoms with van der Waals surface area (Å²) >= 11 is 5.18. The van der Waals surface area contributed by atoms with Crippen LogP contribution in [0.3, 0.4) is 0 Å². The van der Waals surface area contributed by atoms with Crippen molar-refractivity contribution in [2.24, 2.45) is 5.10 Å². The quantitative estimate of drug-likeness (QED) is 0.421. The van der Waals surface area contributed by atoms with Crippen molar-refractivity contribution in [3.8, 4) is 11.3 Å². The molecule has 2 N–H and O–H groups in total. The van der Waals surface area contributed by atoms with E-state index in [1.54, 1.807) is 6.21 Å². The predicted octanol–water partition coefficient (Wildman–Crippen LogP) is 3.94. The molecule has 3 rings (SSSR count). The summed E-state index contributed by atoms with van der Waals surface area (Å²) in [6.07, 6.45) is 1.60. The minimum atomic E-state index is 0.463. The zero-order chi connectivity index (χ0) is 16.6. The summed E-state index contributed by atoms with van der Waals surface area (Å²) in [5.74, 6) is 1.47. The molecule has 2 aromatic carbocycles. The molecular weight excluding hydrogens is 318 g/mol. The molecule has 5 heteroatoms. The lowest BCUT2D eigenvalue weighted by Crippen LogP contribution is -2.31. The molecule has 3 aromatic rings. The SMILES string of the molecule is S=C(NCc1ccccc1)N/N=C/c1ccc(-c2ccccc2)o1. The fourth-order valence-electron chi connectivity index (χ4n) is 2.15. The fraction of sp³-hybridized carbons (Fsp3) is 0.0526. The van der Waals surface area contributed by atoms with Crippen molar-refractivity contribution in [2.45, 2.75) is 6.54 Å². The number of thiocarbonyl (C=S) groups is 1. The average Bonchev–Trinajstić information content (AvgIpc) is 3.11. The first-order chi connectivity index (χ1) is 11.8. The second-order valence-electron chi connectivity index (χ2n) is 5.11. The van der Waals surface area contributed by atoms with Crippen molar-refractivity contribution < 1.29 is 4.42 Å². The fourth-order valence-corrected chi connectivity index (χ4v) is 2.28. The lowest BCUT2D eigenvalue weighted by Gasteiger charge is -2.06. The van der Waals surface area contributed by atoms with Crippen LogP contribution in [0.15, 0.2) is 82.3 Å². The highest BCUT2D eigenvalue weighted by Gasteiger charge is 2.02. The van der Waals surface area contributed by atoms with Crippen LogP contribution < -0.4 is 10.7 Å². The van der Waals surface area contributed by atoms with Gasteiger partial charge in [-0.05, 0) is 29.9 Å². The molecule has 0 fully saturated rings. The summed E-state index contributed by atoms with van der Waals surface area (Å²) in [5, 5.41) is 7.64. The third-order valence-electron chi connectivity index (χ3n) is 3.34. The Kier molecular flexibility index (Phi) is 5.37. The van der Waals surface area contributed by atoms with E-state index in [1.807, 2.05) is 72.8 Å². The summed E-state index contributed by atoms with van der Waals surface area (Å²) < 4.78 is 5.73. The first kappa shape index (κ1) is 16.0. The molecule has 0 spiro atoms. The van der Waals surface area contributed by atoms with Gasteiger partial charge >= 0.3 is 0 Å². The smallest absolute Gasteiger partial charge is 0.187 e. The molecule has 0 unspecified atom stereocenters. The molecule has 0 aliphatic rings. The molecule has 0 bridgehead atoms. The molecule has 0 saturated heterocycles. The Morgan fingerprint density at radius 2 is 1.67 bits per heavy atom. The van der Waals surface area contributed by atoms with Gasteiger partial charge in [0.05, 0.1) is 6.21 Å². The van der Waals surface area contributed by atoms with Gasteiger partial charge in [-0.2, -0.15) is 5.10 Å². The highest BCUT2D eigenvalue weighted by molar-refractivity contribution is 7.80. The maximum absolute atomic E-state index is 5.73. The van der Waals surface area contributed by atoms with Gasteiger partial charge in [0.2, 0.25) is 0 Å². The molecular formula is C19H17N3OS. The Labute approximate surface area is 146 Å². The van der Waals surface area contributed by atoms with Crippen molar-refractivity contribution in [2.75, 3.05) is 0 Å². The summed E-state index contributed by atoms with van der Waals surface area (Å²) in [6, 6.07) is 23.8. The number of hydrogen-bond donors (Lipinski definition) is 2. The van der Waals surface area contributed by atoms with Gasteiger partial charge in [-0.3, -0.25) is 5.43 Å². The molecule has 1 aromatic heterocycles. The van der Waals surface area contributed by atoms with E-state index in [9.17, 15) is 0 Å². The van der Waals surface area contributed by atoms with E-state index >= 15 is 0 Å². The van der Waals surface area contributed by atoms with Gasteiger partial charge in [-0.15, -0.1) is 0 Å². The molecule has 4 nitrogen and oxygen atoms in total. The Morgan fingerprint density at radius 1 is 0.958 bits per heavy atom. The molecule has 24 heavy (non-hydrogen) atoms. The Balaban J connectivity index is 1.49. The third kappa shape index (κ3) is 4.54. The van der Waals surface area contributed by atoms with Gasteiger partial charge in [0.25, 0.3) is 0 Å². The Bertz CT molecular complexity index is 813. The Morgan fingerprint density at radius 3 is 2.42 bits per heavy atom. The minimum absolute atomic E-state index is 0.463. The van der Waals surface area contributed by atoms with E-state index < -0.39 is 0 Å². The zero-order valence-electron chi connectivity index (χ0n) is 13.0. The predicted molar refractivity (Wildman–Crippen MR) is 101 cm³/mol. The number of benzene rings is 2. The topological polar surface area (TPSA) is 49.6 Å². The summed E-state index contributed by atoms with van der Waals surface area (Å²) in [5.41, 5.74) is 4.97. The average molecular weight is 335 g/mol. The number of hydrazone groups is 1. The van der Waals surface area contributed by atoms with E-state index in [0.717, 1.165) is 16.9 Å². The van der Waals surface area contributed by atoms with Crippen LogP contribution in [0.4, 0.5) is 0 Å². The standard InChI is InChI=1S/C19H17N3OS/c24-19(20-13-15-7-3-1-4-8-15)22-21-14-17-11-12-18(23-17)16-9-5-2-6-10-16/h1-12,14H,13H2,(H2,20,22,24)/b21-14+. The molecule has 1 heterocycles. The van der Waals surface area contributed by atoms with Crippen molar-refractivity contribution in [3.05, 3.63) is 84.1 Å². The van der Waals surface area contributed by atoms with Crippen LogP contribution in [-0.4, -0.2) is 11.3 Å². The number of rotatable bonds is 5. The lowest BCUT2D eigenvalue weighted by molar-refractivity contribution is 0.574. The minimum Gasteiger partial charge on any atom is -0.455 e. The molecule has 0 saturated carbocycles. The van der Waals surface area contributed by atoms with Gasteiger partial charge in [-0.25, -0.2) is 0 Å². The van der Waals surface area contributed by atoms with Crippen molar-refractivity contribution >= 4 is 23.5 Å². The highest BCUT2D eigenvalue weighted by atomic mass is 32.1. The number of nitrogens with zero attached hydrogens (tertiary/aromatic N) is 1. The van der Waals surface area contributed by atoms with Crippen molar-refractivity contribution in [1.82, 2.24) is 10.7 Å². The van der Waals surface area contributed by atoms with E-state index in [0.29, 0.717) is 17.4 Å². The first-order valence-electron chi connectivity index (χ1n) is 7.57. The van der Waals surface area contributed by atoms with E-state index in [2.05, 4.69) is 15.8 Å². The van der Waals surface area contributed by atoms with Crippen LogP contribution >= 0.6 is 12.2 Å². The van der Waals surface area contributed by atoms with Crippen LogP contribution in [0.2, 0.25) is 0 Å². The van der Waals surface area contributed by atoms with Gasteiger partial charge in [0.1, 0.15) is 11.5 Å². The van der Waals surface area contributed by atoms with Gasteiger partial charge in [-0.1, -0.05) is 60.7 Å². The Hall–Kier alpha value is -2.92. The van der Waals surface area contributed by atoms with Crippen LogP contribution in [0.1, 0.15) is 11.3 Å². The molecule has 120 valence electrons. The van der Waals surface area contributed by atoms with Crippen LogP contribution in [0, 0.1) is 0 Å². The molecule has 0 amide bonds. The van der Waals surface area contributed by atoms with Crippen LogP contribution in [0.25, 0.3) is 11.3 Å². The number of hydrogen-bond acceptors (Lipinski definition) is 3. The lowest BCUT2D eigenvalue weighted by atomic mass is 10.2. The van der Waals surface area contributed by atoms with Crippen molar-refractivity contribution in [3.63, 3.8) is 0 Å². The summed E-state index contributed by atoms with van der Waals surface area (Å²) in [7, 11) is 0. The van der Waals surface area contributed by atoms with Crippen LogP contribution in [0.5, 0.6) is 0 Å².